The number of aromatic amines is 1. The largest absolute Gasteiger partial charge is 0.459 e. The van der Waals surface area contributed by atoms with E-state index in [4.69, 9.17) is 18.4 Å². The first-order valence-electron chi connectivity index (χ1n) is 9.65. The Morgan fingerprint density at radius 1 is 1.24 bits per heavy atom. The molecule has 1 N–H and O–H groups in total. The predicted molar refractivity (Wildman–Crippen MR) is 112 cm³/mol. The maximum absolute atomic E-state index is 12.4. The van der Waals surface area contributed by atoms with E-state index >= 15 is 0 Å². The Labute approximate surface area is 192 Å². The van der Waals surface area contributed by atoms with Crippen LogP contribution in [0.3, 0.4) is 0 Å². The quantitative estimate of drug-likeness (QED) is 0.386. The molecule has 2 aromatic rings. The average molecular weight is 493 g/mol. The van der Waals surface area contributed by atoms with Gasteiger partial charge >= 0.3 is 17.6 Å². The molecule has 13 nitrogen and oxygen atoms in total. The molecule has 1 aliphatic heterocycles. The highest BCUT2D eigenvalue weighted by molar-refractivity contribution is 7.86. The highest BCUT2D eigenvalue weighted by Crippen LogP contribution is 2.42. The number of aromatic nitrogens is 2. The second-order valence-electron chi connectivity index (χ2n) is 7.22. The van der Waals surface area contributed by atoms with Crippen molar-refractivity contribution in [3.63, 3.8) is 0 Å². The van der Waals surface area contributed by atoms with Gasteiger partial charge in [0, 0.05) is 19.2 Å². The van der Waals surface area contributed by atoms with E-state index in [1.807, 2.05) is 4.98 Å². The van der Waals surface area contributed by atoms with Gasteiger partial charge in [0.1, 0.15) is 18.8 Å². The van der Waals surface area contributed by atoms with Gasteiger partial charge in [-0.2, -0.15) is 13.7 Å². The van der Waals surface area contributed by atoms with Crippen molar-refractivity contribution >= 4 is 22.1 Å². The topological polar surface area (TPSA) is 184 Å². The van der Waals surface area contributed by atoms with Crippen molar-refractivity contribution in [1.29, 1.82) is 5.26 Å². The zero-order valence-corrected chi connectivity index (χ0v) is 18.7. The second kappa shape index (κ2) is 9.59. The lowest BCUT2D eigenvalue weighted by Gasteiger charge is -2.30. The standard InChI is InChI=1S/C20H19N3O10S/c1-12(24)31-16-17(23-9-8-15(25)22-19(23)27)32-14(20(16,11-21)33-34(2,28)29)10-30-18(26)13-6-4-3-5-7-13/h3-9,14,16-17H,10H2,1-2H3,(H,22,25,27)/t14-,16+,17-,20-/m1/s1. The lowest BCUT2D eigenvalue weighted by molar-refractivity contribution is -0.158. The molecule has 1 saturated heterocycles. The van der Waals surface area contributed by atoms with Crippen LogP contribution in [-0.2, 0) is 33.3 Å². The summed E-state index contributed by atoms with van der Waals surface area (Å²) >= 11 is 0. The van der Waals surface area contributed by atoms with Crippen molar-refractivity contribution in [1.82, 2.24) is 9.55 Å². The van der Waals surface area contributed by atoms with E-state index in [1.54, 1.807) is 24.3 Å². The summed E-state index contributed by atoms with van der Waals surface area (Å²) in [5.41, 5.74) is -4.12. The second-order valence-corrected chi connectivity index (χ2v) is 8.79. The van der Waals surface area contributed by atoms with E-state index in [9.17, 15) is 32.9 Å². The molecule has 2 heterocycles. The van der Waals surface area contributed by atoms with Crippen molar-refractivity contribution in [3.8, 4) is 6.07 Å². The molecular formula is C20H19N3O10S. The minimum Gasteiger partial charge on any atom is -0.459 e. The fourth-order valence-corrected chi connectivity index (χ4v) is 4.12. The number of hydrogen-bond acceptors (Lipinski definition) is 11. The first kappa shape index (κ1) is 24.8. The molecule has 1 aliphatic rings. The third kappa shape index (κ3) is 5.22. The third-order valence-corrected chi connectivity index (χ3v) is 5.30. The molecule has 4 atom stereocenters. The highest BCUT2D eigenvalue weighted by Gasteiger charge is 2.64. The molecule has 0 aliphatic carbocycles. The van der Waals surface area contributed by atoms with Gasteiger partial charge in [-0.25, -0.2) is 13.8 Å². The Bertz CT molecular complexity index is 1340. The van der Waals surface area contributed by atoms with Crippen molar-refractivity contribution in [3.05, 3.63) is 69.0 Å². The Morgan fingerprint density at radius 2 is 1.91 bits per heavy atom. The fraction of sp³-hybridized carbons (Fsp3) is 0.350. The molecule has 34 heavy (non-hydrogen) atoms. The van der Waals surface area contributed by atoms with Gasteiger partial charge in [0.15, 0.2) is 12.3 Å². The number of nitriles is 1. The molecule has 3 rings (SSSR count). The van der Waals surface area contributed by atoms with Crippen LogP contribution in [0.5, 0.6) is 0 Å². The van der Waals surface area contributed by atoms with E-state index in [-0.39, 0.29) is 5.56 Å². The van der Waals surface area contributed by atoms with E-state index in [2.05, 4.69) is 0 Å². The minimum absolute atomic E-state index is 0.164. The van der Waals surface area contributed by atoms with Gasteiger partial charge in [0.25, 0.3) is 15.7 Å². The molecule has 1 fully saturated rings. The number of esters is 2. The Morgan fingerprint density at radius 3 is 2.47 bits per heavy atom. The lowest BCUT2D eigenvalue weighted by Crippen LogP contribution is -2.53. The number of rotatable bonds is 7. The molecule has 0 spiro atoms. The number of nitrogens with one attached hydrogen (secondary N) is 1. The van der Waals surface area contributed by atoms with Crippen molar-refractivity contribution in [2.24, 2.45) is 0 Å². The molecule has 0 unspecified atom stereocenters. The SMILES string of the molecule is CC(=O)O[C@H]1[C@H](n2ccc(=O)[nH]c2=O)O[C@H](COC(=O)c2ccccc2)[C@@]1(C#N)OS(C)(=O)=O. The van der Waals surface area contributed by atoms with E-state index in [0.29, 0.717) is 6.26 Å². The van der Waals surface area contributed by atoms with Crippen LogP contribution in [0.1, 0.15) is 23.5 Å². The van der Waals surface area contributed by atoms with Crippen LogP contribution >= 0.6 is 0 Å². The number of H-pyrrole nitrogens is 1. The zero-order chi connectivity index (χ0) is 25.1. The minimum atomic E-state index is -4.37. The van der Waals surface area contributed by atoms with Crippen LogP contribution in [0.15, 0.2) is 52.2 Å². The van der Waals surface area contributed by atoms with Gasteiger partial charge in [-0.15, -0.1) is 0 Å². The Balaban J connectivity index is 2.06. The number of carbonyl (C=O) groups excluding carboxylic acids is 2. The van der Waals surface area contributed by atoms with Crippen molar-refractivity contribution in [2.75, 3.05) is 12.9 Å². The Kier molecular flexibility index (Phi) is 7.01. The van der Waals surface area contributed by atoms with Gasteiger partial charge in [-0.3, -0.25) is 19.1 Å². The van der Waals surface area contributed by atoms with Gasteiger partial charge in [0.2, 0.25) is 5.60 Å². The first-order valence-corrected chi connectivity index (χ1v) is 11.5. The highest BCUT2D eigenvalue weighted by atomic mass is 32.2. The summed E-state index contributed by atoms with van der Waals surface area (Å²) in [6.07, 6.45) is -3.40. The monoisotopic (exact) mass is 493 g/mol. The maximum Gasteiger partial charge on any atom is 0.338 e. The number of ether oxygens (including phenoxy) is 3. The third-order valence-electron chi connectivity index (χ3n) is 4.72. The Hall–Kier alpha value is -3.80. The number of carbonyl (C=O) groups is 2. The molecule has 14 heteroatoms. The summed E-state index contributed by atoms with van der Waals surface area (Å²) < 4.78 is 46.0. The molecule has 180 valence electrons. The molecular weight excluding hydrogens is 474 g/mol. The van der Waals surface area contributed by atoms with E-state index in [1.165, 1.54) is 12.1 Å². The van der Waals surface area contributed by atoms with Crippen LogP contribution < -0.4 is 11.2 Å². The summed E-state index contributed by atoms with van der Waals surface area (Å²) in [7, 11) is -4.37. The van der Waals surface area contributed by atoms with Crippen LogP contribution in [0.2, 0.25) is 0 Å². The summed E-state index contributed by atoms with van der Waals surface area (Å²) in [5.74, 6) is -1.76. The summed E-state index contributed by atoms with van der Waals surface area (Å²) in [4.78, 5) is 50.0. The lowest BCUT2D eigenvalue weighted by atomic mass is 9.93. The van der Waals surface area contributed by atoms with Gasteiger partial charge in [-0.1, -0.05) is 18.2 Å². The number of nitrogens with zero attached hydrogens (tertiary/aromatic N) is 2. The normalized spacial score (nSPS) is 24.2. The predicted octanol–water partition coefficient (Wildman–Crippen LogP) is -0.539. The van der Waals surface area contributed by atoms with Crippen molar-refractivity contribution < 1.29 is 36.4 Å². The van der Waals surface area contributed by atoms with E-state index in [0.717, 1.165) is 23.8 Å². The summed E-state index contributed by atoms with van der Waals surface area (Å²) in [5, 5.41) is 10.00. The molecule has 0 radical (unpaired) electrons. The molecule has 1 aromatic carbocycles. The van der Waals surface area contributed by atoms with Crippen LogP contribution in [0, 0.1) is 11.3 Å². The maximum atomic E-state index is 12.4. The average Bonchev–Trinajstić information content (AvgIpc) is 3.04. The summed E-state index contributed by atoms with van der Waals surface area (Å²) in [6.45, 7) is 0.279. The van der Waals surface area contributed by atoms with Gasteiger partial charge < -0.3 is 14.2 Å². The molecule has 1 aromatic heterocycles. The molecule has 0 saturated carbocycles. The number of hydrogen-bond donors (Lipinski definition) is 1. The molecule has 0 bridgehead atoms. The van der Waals surface area contributed by atoms with Crippen LogP contribution in [0.4, 0.5) is 0 Å². The fourth-order valence-electron chi connectivity index (χ4n) is 3.38. The first-order chi connectivity index (χ1) is 16.0. The molecule has 0 amide bonds. The van der Waals surface area contributed by atoms with Crippen LogP contribution in [0.25, 0.3) is 0 Å². The van der Waals surface area contributed by atoms with E-state index < -0.39 is 63.9 Å². The smallest absolute Gasteiger partial charge is 0.338 e. The number of benzene rings is 1. The zero-order valence-electron chi connectivity index (χ0n) is 17.9. The summed E-state index contributed by atoms with van der Waals surface area (Å²) in [6, 6.07) is 10.4. The van der Waals surface area contributed by atoms with Gasteiger partial charge in [0.05, 0.1) is 11.8 Å². The van der Waals surface area contributed by atoms with Gasteiger partial charge in [-0.05, 0) is 12.1 Å². The van der Waals surface area contributed by atoms with Crippen molar-refractivity contribution in [2.45, 2.75) is 31.0 Å². The van der Waals surface area contributed by atoms with Crippen LogP contribution in [-0.4, -0.2) is 60.6 Å².